The number of methoxy groups -OCH3 is 3. The Hall–Kier alpha value is -2.15. The topological polar surface area (TPSA) is 94.5 Å². The van der Waals surface area contributed by atoms with Gasteiger partial charge in [-0.1, -0.05) is 80.8 Å². The molecule has 8 nitrogen and oxygen atoms in total. The van der Waals surface area contributed by atoms with Gasteiger partial charge in [0.15, 0.2) is 8.32 Å². The van der Waals surface area contributed by atoms with Gasteiger partial charge in [0.25, 0.3) is 0 Å². The van der Waals surface area contributed by atoms with Crippen molar-refractivity contribution in [1.82, 2.24) is 0 Å². The van der Waals surface area contributed by atoms with E-state index < -0.39 is 20.4 Å². The first-order valence-electron chi connectivity index (χ1n) is 16.9. The minimum Gasteiger partial charge on any atom is -0.495 e. The number of allylic oxidation sites excluding steroid dienone is 5. The number of amides is 1. The maximum absolute atomic E-state index is 12.2. The van der Waals surface area contributed by atoms with Gasteiger partial charge >= 0.3 is 12.1 Å². The smallest absolute Gasteiger partial charge is 0.413 e. The van der Waals surface area contributed by atoms with E-state index in [9.17, 15) is 9.59 Å². The van der Waals surface area contributed by atoms with Gasteiger partial charge in [-0.15, -0.1) is 23.5 Å². The summed E-state index contributed by atoms with van der Waals surface area (Å²) in [5.74, 6) is 1.64. The molecule has 0 aliphatic carbocycles. The predicted octanol–water partition coefficient (Wildman–Crippen LogP) is 10.2. The second kappa shape index (κ2) is 19.6. The zero-order valence-corrected chi connectivity index (χ0v) is 35.3. The van der Waals surface area contributed by atoms with Crippen molar-refractivity contribution in [3.63, 3.8) is 0 Å². The lowest BCUT2D eigenvalue weighted by molar-refractivity contribution is -0.131. The zero-order valence-electron chi connectivity index (χ0n) is 31.9. The highest BCUT2D eigenvalue weighted by Crippen LogP contribution is 2.51. The fraction of sp³-hybridized carbons (Fsp3) is 0.579. The van der Waals surface area contributed by atoms with Crippen LogP contribution >= 0.6 is 35.1 Å². The number of ether oxygens (including phenoxy) is 3. The number of hydrogen-bond donors (Lipinski definition) is 1. The Morgan fingerprint density at radius 2 is 1.76 bits per heavy atom. The average Bonchev–Trinajstić information content (AvgIpc) is 3.05. The molecule has 1 saturated heterocycles. The maximum Gasteiger partial charge on any atom is 0.413 e. The minimum atomic E-state index is -2.16. The van der Waals surface area contributed by atoms with E-state index in [2.05, 4.69) is 72.0 Å². The Labute approximate surface area is 315 Å². The van der Waals surface area contributed by atoms with E-state index in [0.717, 1.165) is 41.1 Å². The number of aliphatic carboxylic acids is 1. The fourth-order valence-electron chi connectivity index (χ4n) is 5.41. The molecular formula is C38H58ClNO7S2Si. The van der Waals surface area contributed by atoms with E-state index in [0.29, 0.717) is 22.9 Å². The molecule has 1 aromatic rings. The molecule has 1 aliphatic rings. The lowest BCUT2D eigenvalue weighted by atomic mass is 9.95. The molecule has 1 heterocycles. The summed E-state index contributed by atoms with van der Waals surface area (Å²) >= 11 is 10.4. The van der Waals surface area contributed by atoms with Gasteiger partial charge in [0.05, 0.1) is 36.2 Å². The monoisotopic (exact) mass is 767 g/mol. The number of hydrogen-bond acceptors (Lipinski definition) is 8. The quantitative estimate of drug-likeness (QED) is 0.100. The fourth-order valence-corrected chi connectivity index (χ4v) is 10.7. The van der Waals surface area contributed by atoms with E-state index >= 15 is 0 Å². The highest BCUT2D eigenvalue weighted by atomic mass is 35.5. The largest absolute Gasteiger partial charge is 0.495 e. The third-order valence-corrected chi connectivity index (χ3v) is 17.6. The number of anilines is 1. The van der Waals surface area contributed by atoms with Crippen molar-refractivity contribution in [2.45, 2.75) is 95.2 Å². The summed E-state index contributed by atoms with van der Waals surface area (Å²) in [7, 11) is 4.11. The van der Waals surface area contributed by atoms with Gasteiger partial charge in [-0.2, -0.15) is 0 Å². The molecule has 0 bridgehead atoms. The van der Waals surface area contributed by atoms with E-state index in [4.69, 9.17) is 35.3 Å². The minimum absolute atomic E-state index is 0.0272. The lowest BCUT2D eigenvalue weighted by Gasteiger charge is -2.46. The van der Waals surface area contributed by atoms with Crippen molar-refractivity contribution < 1.29 is 33.3 Å². The van der Waals surface area contributed by atoms with Crippen LogP contribution in [-0.2, 0) is 25.1 Å². The third-order valence-electron chi connectivity index (χ3n) is 9.27. The molecule has 12 heteroatoms. The number of halogens is 1. The molecule has 280 valence electrons. The summed E-state index contributed by atoms with van der Waals surface area (Å²) in [6.45, 7) is 17.5. The van der Waals surface area contributed by atoms with Crippen LogP contribution in [0.15, 0.2) is 59.7 Å². The van der Waals surface area contributed by atoms with Crippen molar-refractivity contribution >= 4 is 61.2 Å². The van der Waals surface area contributed by atoms with Crippen LogP contribution in [0.4, 0.5) is 10.5 Å². The molecule has 1 unspecified atom stereocenters. The second-order valence-corrected chi connectivity index (χ2v) is 22.6. The third kappa shape index (κ3) is 12.5. The zero-order chi connectivity index (χ0) is 37.9. The average molecular weight is 769 g/mol. The van der Waals surface area contributed by atoms with Crippen molar-refractivity contribution in [3.05, 3.63) is 70.3 Å². The molecule has 1 fully saturated rings. The Kier molecular flexibility index (Phi) is 17.3. The highest BCUT2D eigenvalue weighted by Gasteiger charge is 2.47. The number of nitrogens with zero attached hydrogens (tertiary/aromatic N) is 1. The number of carboxylic acid groups (broad SMARTS) is 1. The van der Waals surface area contributed by atoms with Crippen molar-refractivity contribution in [3.8, 4) is 5.75 Å². The molecule has 50 heavy (non-hydrogen) atoms. The molecule has 1 N–H and O–H groups in total. The number of thioether (sulfide) groups is 2. The van der Waals surface area contributed by atoms with Crippen LogP contribution in [0.25, 0.3) is 0 Å². The summed E-state index contributed by atoms with van der Waals surface area (Å²) in [5.41, 5.74) is 3.45. The van der Waals surface area contributed by atoms with Gasteiger partial charge in [0.2, 0.25) is 0 Å². The molecule has 3 atom stereocenters. The van der Waals surface area contributed by atoms with E-state index in [1.165, 1.54) is 18.1 Å². The normalized spacial score (nSPS) is 17.9. The SMILES string of the molecule is COC(=O)N(C)c1cc(C/C(C)=C/C=C/C(OC)C2(C[C@H](O[Si](C)(C)C(C)(C)C)[C@@H](C)/C=C(C)/C=C/C(=O)O)SCCCS2)cc(OC)c1Cl. The highest BCUT2D eigenvalue weighted by molar-refractivity contribution is 8.18. The van der Waals surface area contributed by atoms with Crippen molar-refractivity contribution in [2.24, 2.45) is 5.92 Å². The van der Waals surface area contributed by atoms with Crippen LogP contribution in [0.5, 0.6) is 5.75 Å². The molecule has 1 aliphatic heterocycles. The summed E-state index contributed by atoms with van der Waals surface area (Å²) in [5, 5.41) is 9.53. The molecule has 1 aromatic carbocycles. The lowest BCUT2D eigenvalue weighted by Crippen LogP contribution is -2.49. The van der Waals surface area contributed by atoms with Gasteiger partial charge in [-0.25, -0.2) is 9.59 Å². The van der Waals surface area contributed by atoms with Gasteiger partial charge < -0.3 is 23.7 Å². The van der Waals surface area contributed by atoms with Gasteiger partial charge in [-0.3, -0.25) is 4.90 Å². The van der Waals surface area contributed by atoms with Gasteiger partial charge in [0.1, 0.15) is 10.8 Å². The number of carbonyl (C=O) groups is 2. The van der Waals surface area contributed by atoms with Gasteiger partial charge in [-0.05, 0) is 86.4 Å². The molecule has 0 radical (unpaired) electrons. The van der Waals surface area contributed by atoms with Gasteiger partial charge in [0, 0.05) is 20.2 Å². The van der Waals surface area contributed by atoms with Crippen LogP contribution in [0.3, 0.4) is 0 Å². The Bertz CT molecular complexity index is 1430. The molecule has 0 aromatic heterocycles. The molecule has 0 spiro atoms. The van der Waals surface area contributed by atoms with E-state index in [-0.39, 0.29) is 27.2 Å². The number of carbonyl (C=O) groups excluding carboxylic acids is 1. The van der Waals surface area contributed by atoms with E-state index in [1.54, 1.807) is 27.3 Å². The molecule has 1 amide bonds. The maximum atomic E-state index is 12.2. The van der Waals surface area contributed by atoms with Crippen LogP contribution < -0.4 is 9.64 Å². The number of carboxylic acids is 1. The first kappa shape index (κ1) is 44.0. The molecule has 2 rings (SSSR count). The first-order chi connectivity index (χ1) is 23.3. The van der Waals surface area contributed by atoms with Crippen molar-refractivity contribution in [1.29, 1.82) is 0 Å². The van der Waals surface area contributed by atoms with Crippen LogP contribution in [-0.4, -0.2) is 81.7 Å². The molecule has 0 saturated carbocycles. The number of benzene rings is 1. The number of rotatable bonds is 16. The summed E-state index contributed by atoms with van der Waals surface area (Å²) in [4.78, 5) is 24.8. The van der Waals surface area contributed by atoms with Crippen LogP contribution in [0, 0.1) is 5.92 Å². The van der Waals surface area contributed by atoms with E-state index in [1.807, 2.05) is 42.6 Å². The Morgan fingerprint density at radius 3 is 2.30 bits per heavy atom. The van der Waals surface area contributed by atoms with Crippen LogP contribution in [0.2, 0.25) is 23.2 Å². The van der Waals surface area contributed by atoms with Crippen LogP contribution in [0.1, 0.15) is 59.9 Å². The Morgan fingerprint density at radius 1 is 1.12 bits per heavy atom. The first-order valence-corrected chi connectivity index (χ1v) is 22.2. The summed E-state index contributed by atoms with van der Waals surface area (Å²) in [6.07, 6.45) is 13.0. The summed E-state index contributed by atoms with van der Waals surface area (Å²) < 4.78 is 23.6. The summed E-state index contributed by atoms with van der Waals surface area (Å²) in [6, 6.07) is 3.76. The predicted molar refractivity (Wildman–Crippen MR) is 215 cm³/mol. The Balaban J connectivity index is 2.46. The van der Waals surface area contributed by atoms with Crippen molar-refractivity contribution in [2.75, 3.05) is 44.8 Å². The second-order valence-electron chi connectivity index (χ2n) is 14.3. The molecular weight excluding hydrogens is 710 g/mol. The standard InChI is InChI=1S/C38H58ClNO7S2Si/c1-26(22-29-23-30(40(7)36(43)46-10)35(39)31(24-29)44-8)15-13-16-33(45-9)38(48-19-14-20-49-38)25-32(47-50(11,12)37(4,5)6)28(3)21-27(2)17-18-34(41)42/h13,15-18,21,23-24,28,32-33H,14,19-20,22,25H2,1-12H3,(H,41,42)/b16-13+,18-17+,26-15+,27-21+/t28-,32-,33?/m0/s1.